The molecule has 1 heterocycles. The molecule has 0 spiro atoms. The Hall–Kier alpha value is -3.89. The van der Waals surface area contributed by atoms with Crippen LogP contribution in [-0.2, 0) is 20.7 Å². The number of halogens is 1. The number of azide groups is 1. The molecule has 0 fully saturated rings. The maximum Gasteiger partial charge on any atom is 0.252 e. The Kier molecular flexibility index (Phi) is 10.8. The number of nitrogens with one attached hydrogen (secondary N) is 1. The summed E-state index contributed by atoms with van der Waals surface area (Å²) >= 11 is 3.48. The van der Waals surface area contributed by atoms with Crippen LogP contribution >= 0.6 is 15.9 Å². The zero-order valence-electron chi connectivity index (χ0n) is 22.7. The van der Waals surface area contributed by atoms with Crippen LogP contribution in [-0.4, -0.2) is 55.9 Å². The topological polar surface area (TPSA) is 138 Å². The number of hydrogen-bond donors (Lipinski definition) is 2. The highest BCUT2D eigenvalue weighted by Crippen LogP contribution is 2.45. The van der Waals surface area contributed by atoms with Crippen LogP contribution < -0.4 is 10.1 Å². The Morgan fingerprint density at radius 3 is 2.59 bits per heavy atom. The van der Waals surface area contributed by atoms with E-state index in [4.69, 9.17) is 24.3 Å². The molecule has 11 heteroatoms. The van der Waals surface area contributed by atoms with Crippen LogP contribution in [0, 0.1) is 0 Å². The van der Waals surface area contributed by atoms with Crippen LogP contribution in [0.25, 0.3) is 10.4 Å². The van der Waals surface area contributed by atoms with E-state index in [2.05, 4.69) is 31.3 Å². The molecule has 3 aromatic rings. The lowest BCUT2D eigenvalue weighted by atomic mass is 9.81. The highest BCUT2D eigenvalue weighted by atomic mass is 79.9. The Bertz CT molecular complexity index is 1390. The van der Waals surface area contributed by atoms with E-state index in [1.54, 1.807) is 37.4 Å². The summed E-state index contributed by atoms with van der Waals surface area (Å²) in [6.07, 6.45) is 0.510. The van der Waals surface area contributed by atoms with Gasteiger partial charge in [0.25, 0.3) is 5.91 Å². The first-order valence-corrected chi connectivity index (χ1v) is 14.1. The highest BCUT2D eigenvalue weighted by molar-refractivity contribution is 9.10. The number of carbonyl (C=O) groups excluding carboxylic acids is 1. The van der Waals surface area contributed by atoms with Gasteiger partial charge < -0.3 is 24.6 Å². The third kappa shape index (κ3) is 7.45. The van der Waals surface area contributed by atoms with Crippen molar-refractivity contribution in [3.63, 3.8) is 0 Å². The number of amides is 1. The predicted molar refractivity (Wildman–Crippen MR) is 159 cm³/mol. The summed E-state index contributed by atoms with van der Waals surface area (Å²) in [5.41, 5.74) is 10.3. The molecule has 0 aromatic heterocycles. The lowest BCUT2D eigenvalue weighted by Crippen LogP contribution is -2.50. The van der Waals surface area contributed by atoms with E-state index in [1.807, 2.05) is 42.5 Å². The minimum Gasteiger partial charge on any atom is -0.494 e. The maximum absolute atomic E-state index is 14.1. The van der Waals surface area contributed by atoms with Crippen LogP contribution in [0.5, 0.6) is 5.75 Å². The summed E-state index contributed by atoms with van der Waals surface area (Å²) < 4.78 is 18.2. The number of hydrogen-bond acceptors (Lipinski definition) is 7. The molecule has 2 atom stereocenters. The van der Waals surface area contributed by atoms with Gasteiger partial charge in [0.15, 0.2) is 11.6 Å². The second-order valence-corrected chi connectivity index (χ2v) is 10.4. The van der Waals surface area contributed by atoms with Crippen LogP contribution in [0.2, 0.25) is 0 Å². The summed E-state index contributed by atoms with van der Waals surface area (Å²) in [5, 5.41) is 15.9. The van der Waals surface area contributed by atoms with Gasteiger partial charge in [0.1, 0.15) is 5.75 Å². The van der Waals surface area contributed by atoms with Gasteiger partial charge in [-0.15, -0.1) is 0 Å². The Morgan fingerprint density at radius 1 is 1.12 bits per heavy atom. The van der Waals surface area contributed by atoms with Gasteiger partial charge >= 0.3 is 0 Å². The maximum atomic E-state index is 14.1. The molecule has 214 valence electrons. The predicted octanol–water partition coefficient (Wildman–Crippen LogP) is 5.80. The van der Waals surface area contributed by atoms with Crippen LogP contribution in [0.15, 0.2) is 87.4 Å². The first kappa shape index (κ1) is 30.1. The zero-order chi connectivity index (χ0) is 29.1. The van der Waals surface area contributed by atoms with E-state index in [0.29, 0.717) is 55.2 Å². The first-order chi connectivity index (χ1) is 20.0. The minimum absolute atomic E-state index is 0.0510. The largest absolute Gasteiger partial charge is 0.494 e. The summed E-state index contributed by atoms with van der Waals surface area (Å²) in [7, 11) is 1.61. The fourth-order valence-electron chi connectivity index (χ4n) is 4.59. The van der Waals surface area contributed by atoms with E-state index >= 15 is 0 Å². The summed E-state index contributed by atoms with van der Waals surface area (Å²) in [5.74, 6) is 0.621. The molecule has 2 N–H and O–H groups in total. The van der Waals surface area contributed by atoms with Crippen molar-refractivity contribution in [1.29, 1.82) is 0 Å². The molecular formula is C30H32BrN5O5. The summed E-state index contributed by atoms with van der Waals surface area (Å²) in [4.78, 5) is 22.1. The number of nitrogens with zero attached hydrogens (tertiary/aromatic N) is 4. The Labute approximate surface area is 247 Å². The molecule has 0 radical (unpaired) electrons. The Morgan fingerprint density at radius 2 is 1.88 bits per heavy atom. The summed E-state index contributed by atoms with van der Waals surface area (Å²) in [6, 6.07) is 22.0. The van der Waals surface area contributed by atoms with Crippen molar-refractivity contribution >= 4 is 33.4 Å². The number of ether oxygens (including phenoxy) is 3. The Balaban J connectivity index is 1.80. The number of rotatable bonds is 14. The lowest BCUT2D eigenvalue weighted by molar-refractivity contribution is -0.128. The van der Waals surface area contributed by atoms with Gasteiger partial charge in [-0.25, -0.2) is 4.99 Å². The molecule has 0 saturated heterocycles. The molecule has 4 rings (SSSR count). The number of aliphatic hydroxyl groups is 1. The van der Waals surface area contributed by atoms with Crippen LogP contribution in [0.1, 0.15) is 35.6 Å². The molecule has 1 amide bonds. The van der Waals surface area contributed by atoms with Gasteiger partial charge in [0.2, 0.25) is 5.90 Å². The van der Waals surface area contributed by atoms with E-state index < -0.39 is 11.6 Å². The van der Waals surface area contributed by atoms with Crippen molar-refractivity contribution in [3.8, 4) is 5.75 Å². The smallest absolute Gasteiger partial charge is 0.252 e. The van der Waals surface area contributed by atoms with Crippen molar-refractivity contribution in [1.82, 2.24) is 5.32 Å². The molecule has 0 bridgehead atoms. The van der Waals surface area contributed by atoms with Gasteiger partial charge in [-0.2, -0.15) is 0 Å². The normalized spacial score (nSPS) is 17.7. The molecule has 0 saturated carbocycles. The lowest BCUT2D eigenvalue weighted by Gasteiger charge is -2.31. The fourth-order valence-corrected chi connectivity index (χ4v) is 4.86. The summed E-state index contributed by atoms with van der Waals surface area (Å²) in [6.45, 7) is 1.34. The first-order valence-electron chi connectivity index (χ1n) is 13.3. The molecule has 41 heavy (non-hydrogen) atoms. The number of aliphatic hydroxyl groups excluding tert-OH is 1. The third-order valence-corrected chi connectivity index (χ3v) is 7.13. The van der Waals surface area contributed by atoms with Crippen molar-refractivity contribution in [2.75, 3.05) is 33.5 Å². The van der Waals surface area contributed by atoms with E-state index in [0.717, 1.165) is 10.0 Å². The zero-order valence-corrected chi connectivity index (χ0v) is 24.3. The SMILES string of the molecule is COCCCNC(=O)[C@]1(Cc2ccc(Br)cc2)N=C(c2ccc(OCCCO)cc2)O[C@@H]1c1ccccc1N=[N+]=[N-]. The second kappa shape index (κ2) is 14.7. The van der Waals surface area contributed by atoms with Crippen molar-refractivity contribution in [2.45, 2.75) is 30.9 Å². The van der Waals surface area contributed by atoms with Crippen molar-refractivity contribution in [3.05, 3.63) is 104 Å². The number of aliphatic imine (C=N–C) groups is 1. The molecular weight excluding hydrogens is 590 g/mol. The van der Waals surface area contributed by atoms with Crippen molar-refractivity contribution in [2.24, 2.45) is 10.1 Å². The third-order valence-electron chi connectivity index (χ3n) is 6.60. The average molecular weight is 623 g/mol. The van der Waals surface area contributed by atoms with Gasteiger partial charge in [-0.05, 0) is 53.9 Å². The van der Waals surface area contributed by atoms with Crippen LogP contribution in [0.3, 0.4) is 0 Å². The molecule has 1 aliphatic rings. The quantitative estimate of drug-likeness (QED) is 0.101. The molecule has 10 nitrogen and oxygen atoms in total. The van der Waals surface area contributed by atoms with E-state index in [-0.39, 0.29) is 24.8 Å². The van der Waals surface area contributed by atoms with Gasteiger partial charge in [-0.3, -0.25) is 4.79 Å². The van der Waals surface area contributed by atoms with E-state index in [9.17, 15) is 10.3 Å². The molecule has 1 aliphatic heterocycles. The number of carbonyl (C=O) groups is 1. The number of benzene rings is 3. The van der Waals surface area contributed by atoms with Gasteiger partial charge in [0.05, 0.1) is 6.61 Å². The molecule has 0 aliphatic carbocycles. The highest BCUT2D eigenvalue weighted by Gasteiger charge is 2.53. The standard InChI is InChI=1S/C30H32BrN5O5/c1-39-18-4-16-33-29(38)30(20-21-8-12-23(31)13-9-21)27(25-6-2-3-7-26(25)35-36-32)41-28(34-30)22-10-14-24(15-11-22)40-19-5-17-37/h2-3,6-15,27,37H,4-5,16-20H2,1H3,(H,33,38)/t27-,30-/m1/s1. The number of methoxy groups -OCH3 is 1. The van der Waals surface area contributed by atoms with E-state index in [1.165, 1.54) is 0 Å². The second-order valence-electron chi connectivity index (χ2n) is 9.44. The van der Waals surface area contributed by atoms with Gasteiger partial charge in [-0.1, -0.05) is 57.4 Å². The average Bonchev–Trinajstić information content (AvgIpc) is 3.37. The monoisotopic (exact) mass is 621 g/mol. The fraction of sp³-hybridized carbons (Fsp3) is 0.333. The van der Waals surface area contributed by atoms with Crippen molar-refractivity contribution < 1.29 is 24.1 Å². The van der Waals surface area contributed by atoms with Crippen LogP contribution in [0.4, 0.5) is 5.69 Å². The molecule has 3 aromatic carbocycles. The van der Waals surface area contributed by atoms with Gasteiger partial charge in [0, 0.05) is 65.9 Å². The minimum atomic E-state index is -1.41. The molecule has 0 unspecified atom stereocenters.